The Morgan fingerprint density at radius 2 is 1.67 bits per heavy atom. The second-order valence-corrected chi connectivity index (χ2v) is 7.12. The van der Waals surface area contributed by atoms with Gasteiger partial charge in [-0.15, -0.1) is 0 Å². The van der Waals surface area contributed by atoms with Crippen molar-refractivity contribution in [3.63, 3.8) is 0 Å². The van der Waals surface area contributed by atoms with Gasteiger partial charge in [0, 0.05) is 44.3 Å². The fraction of sp³-hybridized carbons (Fsp3) is 0.667. The third-order valence-corrected chi connectivity index (χ3v) is 4.78. The lowest BCUT2D eigenvalue weighted by Gasteiger charge is -2.44. The summed E-state index contributed by atoms with van der Waals surface area (Å²) in [5.41, 5.74) is 2.90. The molecule has 1 aliphatic heterocycles. The van der Waals surface area contributed by atoms with Gasteiger partial charge >= 0.3 is 0 Å². The molecule has 1 fully saturated rings. The molecule has 1 saturated heterocycles. The van der Waals surface area contributed by atoms with Gasteiger partial charge in [0.1, 0.15) is 0 Å². The van der Waals surface area contributed by atoms with Crippen molar-refractivity contribution in [2.24, 2.45) is 0 Å². The van der Waals surface area contributed by atoms with Crippen molar-refractivity contribution in [3.8, 4) is 0 Å². The molecular weight excluding hydrogens is 258 g/mol. The van der Waals surface area contributed by atoms with E-state index in [9.17, 15) is 0 Å². The summed E-state index contributed by atoms with van der Waals surface area (Å²) >= 11 is 0. The zero-order valence-corrected chi connectivity index (χ0v) is 14.3. The number of hydrogen-bond donors (Lipinski definition) is 1. The molecule has 0 saturated carbocycles. The topological polar surface area (TPSA) is 18.5 Å². The smallest absolute Gasteiger partial charge is 0.0292 e. The first-order valence-electron chi connectivity index (χ1n) is 8.12. The zero-order chi connectivity index (χ0) is 15.5. The maximum absolute atomic E-state index is 3.71. The monoisotopic (exact) mass is 289 g/mol. The molecule has 0 aliphatic carbocycles. The highest BCUT2D eigenvalue weighted by molar-refractivity contribution is 5.23. The zero-order valence-electron chi connectivity index (χ0n) is 14.3. The van der Waals surface area contributed by atoms with E-state index in [0.29, 0.717) is 6.04 Å². The van der Waals surface area contributed by atoms with Crippen molar-refractivity contribution in [1.29, 1.82) is 0 Å². The molecule has 1 atom stereocenters. The molecule has 0 spiro atoms. The summed E-state index contributed by atoms with van der Waals surface area (Å²) in [5, 5.41) is 3.71. The van der Waals surface area contributed by atoms with Crippen LogP contribution >= 0.6 is 0 Å². The Morgan fingerprint density at radius 1 is 1.10 bits per heavy atom. The molecule has 3 heteroatoms. The second-order valence-electron chi connectivity index (χ2n) is 7.12. The molecule has 1 N–H and O–H groups in total. The molecule has 21 heavy (non-hydrogen) atoms. The van der Waals surface area contributed by atoms with Crippen molar-refractivity contribution in [2.75, 3.05) is 39.8 Å². The Kier molecular flexibility index (Phi) is 5.42. The van der Waals surface area contributed by atoms with Gasteiger partial charge in [-0.1, -0.05) is 29.8 Å². The van der Waals surface area contributed by atoms with E-state index in [4.69, 9.17) is 0 Å². The van der Waals surface area contributed by atoms with Gasteiger partial charge in [0.2, 0.25) is 0 Å². The number of aryl methyl sites for hydroxylation is 1. The van der Waals surface area contributed by atoms with Crippen LogP contribution in [0.2, 0.25) is 0 Å². The molecule has 1 unspecified atom stereocenters. The molecule has 2 rings (SSSR count). The third kappa shape index (κ3) is 4.53. The highest BCUT2D eigenvalue weighted by Gasteiger charge is 2.29. The van der Waals surface area contributed by atoms with E-state index in [2.05, 4.69) is 74.1 Å². The lowest BCUT2D eigenvalue weighted by atomic mass is 9.99. The predicted octanol–water partition coefficient (Wildman–Crippen LogP) is 2.67. The van der Waals surface area contributed by atoms with Crippen molar-refractivity contribution >= 4 is 0 Å². The first-order valence-corrected chi connectivity index (χ1v) is 8.12. The van der Waals surface area contributed by atoms with Crippen LogP contribution in [0.15, 0.2) is 24.3 Å². The van der Waals surface area contributed by atoms with Crippen LogP contribution in [0.5, 0.6) is 0 Å². The van der Waals surface area contributed by atoms with Gasteiger partial charge in [0.25, 0.3) is 0 Å². The van der Waals surface area contributed by atoms with Gasteiger partial charge in [0.05, 0.1) is 0 Å². The Labute approximate surface area is 130 Å². The number of nitrogens with one attached hydrogen (secondary N) is 1. The predicted molar refractivity (Wildman–Crippen MR) is 90.7 cm³/mol. The maximum atomic E-state index is 3.71. The number of rotatable bonds is 5. The van der Waals surface area contributed by atoms with Gasteiger partial charge in [-0.05, 0) is 40.3 Å². The largest absolute Gasteiger partial charge is 0.308 e. The van der Waals surface area contributed by atoms with Crippen molar-refractivity contribution in [1.82, 2.24) is 15.1 Å². The molecule has 1 aromatic carbocycles. The fourth-order valence-electron chi connectivity index (χ4n) is 2.90. The van der Waals surface area contributed by atoms with E-state index < -0.39 is 0 Å². The van der Waals surface area contributed by atoms with E-state index in [0.717, 1.165) is 6.54 Å². The minimum absolute atomic E-state index is 0.209. The molecule has 1 heterocycles. The molecule has 0 radical (unpaired) electrons. The summed E-state index contributed by atoms with van der Waals surface area (Å²) in [6.07, 6.45) is 0. The number of hydrogen-bond acceptors (Lipinski definition) is 3. The quantitative estimate of drug-likeness (QED) is 0.899. The highest BCUT2D eigenvalue weighted by Crippen LogP contribution is 2.18. The molecule has 118 valence electrons. The van der Waals surface area contributed by atoms with E-state index in [1.54, 1.807) is 0 Å². The van der Waals surface area contributed by atoms with Crippen molar-refractivity contribution in [2.45, 2.75) is 39.3 Å². The van der Waals surface area contributed by atoms with Crippen LogP contribution < -0.4 is 5.32 Å². The average Bonchev–Trinajstić information content (AvgIpc) is 2.46. The standard InChI is InChI=1S/C18H31N3/c1-15-6-8-17(9-7-15)16(2)19-14-18(3,4)21-12-10-20(5)11-13-21/h6-9,16,19H,10-14H2,1-5H3. The molecular formula is C18H31N3. The molecule has 0 amide bonds. The van der Waals surface area contributed by atoms with Crippen LogP contribution in [-0.4, -0.2) is 55.1 Å². The van der Waals surface area contributed by atoms with E-state index in [1.807, 2.05) is 0 Å². The summed E-state index contributed by atoms with van der Waals surface area (Å²) in [6.45, 7) is 14.8. The maximum Gasteiger partial charge on any atom is 0.0292 e. The van der Waals surface area contributed by atoms with Crippen LogP contribution in [0.3, 0.4) is 0 Å². The van der Waals surface area contributed by atoms with Gasteiger partial charge in [-0.25, -0.2) is 0 Å². The molecule has 0 bridgehead atoms. The minimum Gasteiger partial charge on any atom is -0.308 e. The van der Waals surface area contributed by atoms with Gasteiger partial charge in [-0.3, -0.25) is 4.90 Å². The van der Waals surface area contributed by atoms with Crippen LogP contribution in [0, 0.1) is 6.92 Å². The summed E-state index contributed by atoms with van der Waals surface area (Å²) in [5.74, 6) is 0. The van der Waals surface area contributed by atoms with E-state index in [1.165, 1.54) is 37.3 Å². The highest BCUT2D eigenvalue weighted by atomic mass is 15.3. The van der Waals surface area contributed by atoms with Crippen LogP contribution in [0.4, 0.5) is 0 Å². The molecule has 1 aliphatic rings. The second kappa shape index (κ2) is 6.91. The lowest BCUT2D eigenvalue weighted by molar-refractivity contribution is 0.0605. The van der Waals surface area contributed by atoms with Crippen LogP contribution in [-0.2, 0) is 0 Å². The third-order valence-electron chi connectivity index (χ3n) is 4.78. The first kappa shape index (κ1) is 16.5. The number of piperazine rings is 1. The summed E-state index contributed by atoms with van der Waals surface area (Å²) in [7, 11) is 2.21. The number of benzene rings is 1. The van der Waals surface area contributed by atoms with Crippen molar-refractivity contribution < 1.29 is 0 Å². The lowest BCUT2D eigenvalue weighted by Crippen LogP contribution is -2.57. The Bertz CT molecular complexity index is 430. The molecule has 0 aromatic heterocycles. The Hall–Kier alpha value is -0.900. The van der Waals surface area contributed by atoms with Crippen LogP contribution in [0.1, 0.15) is 37.9 Å². The summed E-state index contributed by atoms with van der Waals surface area (Å²) in [4.78, 5) is 5.02. The van der Waals surface area contributed by atoms with E-state index in [-0.39, 0.29) is 5.54 Å². The number of nitrogens with zero attached hydrogens (tertiary/aromatic N) is 2. The van der Waals surface area contributed by atoms with Gasteiger partial charge in [0.15, 0.2) is 0 Å². The fourth-order valence-corrected chi connectivity index (χ4v) is 2.90. The average molecular weight is 289 g/mol. The first-order chi connectivity index (χ1) is 9.88. The van der Waals surface area contributed by atoms with E-state index >= 15 is 0 Å². The summed E-state index contributed by atoms with van der Waals surface area (Å²) < 4.78 is 0. The molecule has 1 aromatic rings. The normalized spacial score (nSPS) is 19.7. The molecule has 3 nitrogen and oxygen atoms in total. The summed E-state index contributed by atoms with van der Waals surface area (Å²) in [6, 6.07) is 9.25. The number of likely N-dealkylation sites (N-methyl/N-ethyl adjacent to an activating group) is 1. The SMILES string of the molecule is Cc1ccc(C(C)NCC(C)(C)N2CCN(C)CC2)cc1. The van der Waals surface area contributed by atoms with Gasteiger partial charge in [-0.2, -0.15) is 0 Å². The Balaban J connectivity index is 1.87. The minimum atomic E-state index is 0.209. The van der Waals surface area contributed by atoms with Gasteiger partial charge < -0.3 is 10.2 Å². The Morgan fingerprint density at radius 3 is 2.24 bits per heavy atom. The van der Waals surface area contributed by atoms with Crippen LogP contribution in [0.25, 0.3) is 0 Å². The van der Waals surface area contributed by atoms with Crippen molar-refractivity contribution in [3.05, 3.63) is 35.4 Å².